The normalized spacial score (nSPS) is 26.2. The third kappa shape index (κ3) is 2.61. The highest BCUT2D eigenvalue weighted by Gasteiger charge is 2.38. The number of nitrogens with zero attached hydrogens (tertiary/aromatic N) is 2. The fraction of sp³-hybridized carbons (Fsp3) is 0.381. The number of benzene rings is 1. The zero-order chi connectivity index (χ0) is 16.8. The van der Waals surface area contributed by atoms with Crippen molar-refractivity contribution in [3.8, 4) is 11.3 Å². The number of nitrogens with one attached hydrogen (secondary N) is 2. The van der Waals surface area contributed by atoms with Crippen molar-refractivity contribution < 1.29 is 0 Å². The SMILES string of the molecule is CN1C2CCC1CC(Nc1ccc(-c3cccc4[nH]ccc34)nc1)C2. The molecule has 0 aliphatic carbocycles. The minimum absolute atomic E-state index is 0.578. The Bertz CT molecular complexity index is 868. The number of pyridine rings is 1. The molecule has 2 saturated heterocycles. The summed E-state index contributed by atoms with van der Waals surface area (Å²) in [7, 11) is 2.29. The van der Waals surface area contributed by atoms with Crippen LogP contribution in [0.1, 0.15) is 25.7 Å². The van der Waals surface area contributed by atoms with Crippen LogP contribution in [0.5, 0.6) is 0 Å². The van der Waals surface area contributed by atoms with Crippen LogP contribution in [0.4, 0.5) is 5.69 Å². The first-order valence-corrected chi connectivity index (χ1v) is 9.29. The number of fused-ring (bicyclic) bond motifs is 3. The van der Waals surface area contributed by atoms with Crippen LogP contribution in [0.15, 0.2) is 48.8 Å². The molecule has 4 heteroatoms. The van der Waals surface area contributed by atoms with Gasteiger partial charge in [0, 0.05) is 40.8 Å². The molecule has 128 valence electrons. The van der Waals surface area contributed by atoms with Gasteiger partial charge in [0.1, 0.15) is 0 Å². The Balaban J connectivity index is 1.35. The minimum atomic E-state index is 0.578. The summed E-state index contributed by atoms with van der Waals surface area (Å²) in [6.45, 7) is 0. The summed E-state index contributed by atoms with van der Waals surface area (Å²) in [6, 6.07) is 14.8. The number of H-pyrrole nitrogens is 1. The van der Waals surface area contributed by atoms with Crippen molar-refractivity contribution in [1.29, 1.82) is 0 Å². The van der Waals surface area contributed by atoms with E-state index >= 15 is 0 Å². The third-order valence-corrected chi connectivity index (χ3v) is 6.10. The molecule has 4 heterocycles. The average molecular weight is 332 g/mol. The van der Waals surface area contributed by atoms with E-state index in [1.165, 1.54) is 36.6 Å². The zero-order valence-corrected chi connectivity index (χ0v) is 14.6. The molecule has 2 aliphatic heterocycles. The smallest absolute Gasteiger partial charge is 0.0710 e. The molecule has 0 saturated carbocycles. The van der Waals surface area contributed by atoms with Crippen molar-refractivity contribution in [1.82, 2.24) is 14.9 Å². The monoisotopic (exact) mass is 332 g/mol. The van der Waals surface area contributed by atoms with Crippen molar-refractivity contribution in [2.45, 2.75) is 43.8 Å². The maximum absolute atomic E-state index is 4.73. The summed E-state index contributed by atoms with van der Waals surface area (Å²) in [6.07, 6.45) is 9.18. The average Bonchev–Trinajstić information content (AvgIpc) is 3.17. The van der Waals surface area contributed by atoms with Gasteiger partial charge < -0.3 is 15.2 Å². The van der Waals surface area contributed by atoms with Gasteiger partial charge in [0.2, 0.25) is 0 Å². The zero-order valence-electron chi connectivity index (χ0n) is 14.6. The molecule has 2 atom stereocenters. The van der Waals surface area contributed by atoms with E-state index < -0.39 is 0 Å². The predicted molar refractivity (Wildman–Crippen MR) is 103 cm³/mol. The van der Waals surface area contributed by atoms with E-state index in [-0.39, 0.29) is 0 Å². The molecule has 3 aromatic rings. The van der Waals surface area contributed by atoms with Crippen LogP contribution in [0.25, 0.3) is 22.2 Å². The Kier molecular flexibility index (Phi) is 3.52. The molecule has 2 aliphatic rings. The lowest BCUT2D eigenvalue weighted by Crippen LogP contribution is -2.44. The molecule has 1 aromatic carbocycles. The van der Waals surface area contributed by atoms with E-state index in [2.05, 4.69) is 58.6 Å². The van der Waals surface area contributed by atoms with Crippen molar-refractivity contribution in [2.24, 2.45) is 0 Å². The van der Waals surface area contributed by atoms with Crippen molar-refractivity contribution >= 4 is 16.6 Å². The van der Waals surface area contributed by atoms with Gasteiger partial charge in [-0.05, 0) is 57.0 Å². The van der Waals surface area contributed by atoms with Crippen LogP contribution in [0.3, 0.4) is 0 Å². The van der Waals surface area contributed by atoms with Crippen LogP contribution < -0.4 is 5.32 Å². The van der Waals surface area contributed by atoms with E-state index in [9.17, 15) is 0 Å². The highest BCUT2D eigenvalue weighted by molar-refractivity contribution is 5.94. The van der Waals surface area contributed by atoms with E-state index in [0.717, 1.165) is 29.0 Å². The molecule has 2 fully saturated rings. The van der Waals surface area contributed by atoms with Crippen molar-refractivity contribution in [3.05, 3.63) is 48.8 Å². The molecule has 0 radical (unpaired) electrons. The summed E-state index contributed by atoms with van der Waals surface area (Å²) < 4.78 is 0. The van der Waals surface area contributed by atoms with Gasteiger partial charge in [0.05, 0.1) is 17.6 Å². The molecular weight excluding hydrogens is 308 g/mol. The standard InChI is InChI=1S/C21H24N4/c1-25-16-6-7-17(25)12-15(11-16)24-14-5-8-21(23-13-14)18-3-2-4-20-19(18)9-10-22-20/h2-5,8-10,13,15-17,22,24H,6-7,11-12H2,1H3. The molecule has 2 aromatic heterocycles. The summed E-state index contributed by atoms with van der Waals surface area (Å²) >= 11 is 0. The van der Waals surface area contributed by atoms with Crippen molar-refractivity contribution in [3.63, 3.8) is 0 Å². The fourth-order valence-corrected chi connectivity index (χ4v) is 4.71. The number of anilines is 1. The lowest BCUT2D eigenvalue weighted by atomic mass is 9.98. The second kappa shape index (κ2) is 5.88. The molecule has 2 N–H and O–H groups in total. The highest BCUT2D eigenvalue weighted by Crippen LogP contribution is 2.35. The largest absolute Gasteiger partial charge is 0.381 e. The van der Waals surface area contributed by atoms with Gasteiger partial charge >= 0.3 is 0 Å². The van der Waals surface area contributed by atoms with Crippen LogP contribution in [-0.4, -0.2) is 40.0 Å². The van der Waals surface area contributed by atoms with Gasteiger partial charge in [0.15, 0.2) is 0 Å². The lowest BCUT2D eigenvalue weighted by molar-refractivity contribution is 0.169. The Morgan fingerprint density at radius 2 is 1.92 bits per heavy atom. The van der Waals surface area contributed by atoms with Crippen LogP contribution in [0, 0.1) is 0 Å². The minimum Gasteiger partial charge on any atom is -0.381 e. The Morgan fingerprint density at radius 3 is 2.68 bits per heavy atom. The van der Waals surface area contributed by atoms with Crippen LogP contribution in [-0.2, 0) is 0 Å². The van der Waals surface area contributed by atoms with E-state index in [4.69, 9.17) is 4.98 Å². The second-order valence-electron chi connectivity index (χ2n) is 7.54. The molecule has 2 unspecified atom stereocenters. The Morgan fingerprint density at radius 1 is 1.08 bits per heavy atom. The van der Waals surface area contributed by atoms with Gasteiger partial charge in [-0.1, -0.05) is 12.1 Å². The highest BCUT2D eigenvalue weighted by atomic mass is 15.2. The lowest BCUT2D eigenvalue weighted by Gasteiger charge is -2.37. The molecule has 0 spiro atoms. The molecule has 4 nitrogen and oxygen atoms in total. The van der Waals surface area contributed by atoms with Crippen molar-refractivity contribution in [2.75, 3.05) is 12.4 Å². The quantitative estimate of drug-likeness (QED) is 0.753. The molecular formula is C21H24N4. The summed E-state index contributed by atoms with van der Waals surface area (Å²) in [4.78, 5) is 10.6. The van der Waals surface area contributed by atoms with Gasteiger partial charge in [0.25, 0.3) is 0 Å². The van der Waals surface area contributed by atoms with Crippen LogP contribution in [0.2, 0.25) is 0 Å². The maximum Gasteiger partial charge on any atom is 0.0710 e. The molecule has 0 amide bonds. The van der Waals surface area contributed by atoms with E-state index in [1.54, 1.807) is 0 Å². The molecule has 2 bridgehead atoms. The van der Waals surface area contributed by atoms with Gasteiger partial charge in [-0.25, -0.2) is 0 Å². The predicted octanol–water partition coefficient (Wildman–Crippen LogP) is 4.27. The summed E-state index contributed by atoms with van der Waals surface area (Å²) in [5.74, 6) is 0. The number of rotatable bonds is 3. The number of aromatic amines is 1. The topological polar surface area (TPSA) is 44.0 Å². The van der Waals surface area contributed by atoms with E-state index in [0.29, 0.717) is 6.04 Å². The van der Waals surface area contributed by atoms with Gasteiger partial charge in [-0.15, -0.1) is 0 Å². The Hall–Kier alpha value is -2.33. The van der Waals surface area contributed by atoms with Gasteiger partial charge in [-0.2, -0.15) is 0 Å². The van der Waals surface area contributed by atoms with Gasteiger partial charge in [-0.3, -0.25) is 4.98 Å². The Labute approximate surface area is 148 Å². The summed E-state index contributed by atoms with van der Waals surface area (Å²) in [5.41, 5.74) is 4.50. The second-order valence-corrected chi connectivity index (χ2v) is 7.54. The number of piperidine rings is 1. The van der Waals surface area contributed by atoms with Crippen LogP contribution >= 0.6 is 0 Å². The first-order valence-electron chi connectivity index (χ1n) is 9.29. The molecule has 5 rings (SSSR count). The number of hydrogen-bond donors (Lipinski definition) is 2. The fourth-order valence-electron chi connectivity index (χ4n) is 4.71. The van der Waals surface area contributed by atoms with E-state index in [1.807, 2.05) is 12.4 Å². The first kappa shape index (κ1) is 15.0. The number of hydrogen-bond acceptors (Lipinski definition) is 3. The number of aromatic nitrogens is 2. The third-order valence-electron chi connectivity index (χ3n) is 6.10. The first-order chi connectivity index (χ1) is 12.3. The summed E-state index contributed by atoms with van der Waals surface area (Å²) in [5, 5.41) is 4.94. The molecule has 25 heavy (non-hydrogen) atoms. The maximum atomic E-state index is 4.73.